The number of esters is 1. The molecule has 1 aliphatic heterocycles. The van der Waals surface area contributed by atoms with Crippen molar-refractivity contribution in [3.63, 3.8) is 0 Å². The SMILES string of the molecule is COC(=O)C1=C(C)NC(C)=C(C(=O)O)C1c1cccc(F)c1. The smallest absolute Gasteiger partial charge is 0.336 e. The summed E-state index contributed by atoms with van der Waals surface area (Å²) in [5.74, 6) is -3.21. The Morgan fingerprint density at radius 2 is 1.86 bits per heavy atom. The predicted octanol–water partition coefficient (Wildman–Crippen LogP) is 2.32. The van der Waals surface area contributed by atoms with Crippen molar-refractivity contribution in [2.45, 2.75) is 19.8 Å². The Labute approximate surface area is 127 Å². The number of nitrogens with one attached hydrogen (secondary N) is 1. The number of dihydropyridines is 1. The van der Waals surface area contributed by atoms with Gasteiger partial charge in [0.2, 0.25) is 0 Å². The summed E-state index contributed by atoms with van der Waals surface area (Å²) >= 11 is 0. The van der Waals surface area contributed by atoms with Crippen LogP contribution in [0, 0.1) is 5.82 Å². The number of hydrogen-bond donors (Lipinski definition) is 2. The first-order valence-corrected chi connectivity index (χ1v) is 6.62. The van der Waals surface area contributed by atoms with E-state index in [2.05, 4.69) is 5.32 Å². The Balaban J connectivity index is 2.70. The van der Waals surface area contributed by atoms with Gasteiger partial charge in [-0.1, -0.05) is 12.1 Å². The van der Waals surface area contributed by atoms with E-state index in [0.29, 0.717) is 17.0 Å². The van der Waals surface area contributed by atoms with Gasteiger partial charge in [-0.15, -0.1) is 0 Å². The molecule has 2 rings (SSSR count). The number of carbonyl (C=O) groups excluding carboxylic acids is 1. The summed E-state index contributed by atoms with van der Waals surface area (Å²) in [5.41, 5.74) is 1.45. The van der Waals surface area contributed by atoms with Crippen molar-refractivity contribution in [3.05, 3.63) is 58.2 Å². The lowest BCUT2D eigenvalue weighted by Crippen LogP contribution is -2.31. The van der Waals surface area contributed by atoms with Crippen molar-refractivity contribution >= 4 is 11.9 Å². The number of methoxy groups -OCH3 is 1. The summed E-state index contributed by atoms with van der Waals surface area (Å²) in [5, 5.41) is 12.4. The first-order chi connectivity index (χ1) is 10.4. The third-order valence-electron chi connectivity index (χ3n) is 3.58. The zero-order valence-corrected chi connectivity index (χ0v) is 12.4. The van der Waals surface area contributed by atoms with E-state index in [1.165, 1.54) is 25.3 Å². The van der Waals surface area contributed by atoms with Gasteiger partial charge in [-0.25, -0.2) is 14.0 Å². The molecule has 1 atom stereocenters. The van der Waals surface area contributed by atoms with Crippen molar-refractivity contribution in [2.75, 3.05) is 7.11 Å². The molecule has 0 spiro atoms. The van der Waals surface area contributed by atoms with Gasteiger partial charge in [-0.3, -0.25) is 0 Å². The number of carboxylic acids is 1. The summed E-state index contributed by atoms with van der Waals surface area (Å²) in [4.78, 5) is 23.7. The zero-order chi connectivity index (χ0) is 16.4. The number of ether oxygens (including phenoxy) is 1. The van der Waals surface area contributed by atoms with Crippen LogP contribution in [-0.2, 0) is 14.3 Å². The van der Waals surface area contributed by atoms with Crippen molar-refractivity contribution in [3.8, 4) is 0 Å². The normalized spacial score (nSPS) is 18.1. The van der Waals surface area contributed by atoms with Gasteiger partial charge in [0.25, 0.3) is 0 Å². The molecule has 0 saturated heterocycles. The molecule has 2 N–H and O–H groups in total. The minimum Gasteiger partial charge on any atom is -0.478 e. The Kier molecular flexibility index (Phi) is 4.30. The molecule has 1 heterocycles. The second-order valence-electron chi connectivity index (χ2n) is 4.99. The molecule has 0 amide bonds. The van der Waals surface area contributed by atoms with Crippen LogP contribution in [0.5, 0.6) is 0 Å². The van der Waals surface area contributed by atoms with Gasteiger partial charge in [0, 0.05) is 11.4 Å². The highest BCUT2D eigenvalue weighted by atomic mass is 19.1. The van der Waals surface area contributed by atoms with Crippen LogP contribution < -0.4 is 5.32 Å². The Hall–Kier alpha value is -2.63. The Morgan fingerprint density at radius 1 is 1.23 bits per heavy atom. The van der Waals surface area contributed by atoms with Gasteiger partial charge in [0.05, 0.1) is 24.2 Å². The van der Waals surface area contributed by atoms with Gasteiger partial charge < -0.3 is 15.2 Å². The second-order valence-corrected chi connectivity index (χ2v) is 4.99. The van der Waals surface area contributed by atoms with E-state index in [1.54, 1.807) is 19.9 Å². The fraction of sp³-hybridized carbons (Fsp3) is 0.250. The van der Waals surface area contributed by atoms with Gasteiger partial charge in [-0.2, -0.15) is 0 Å². The van der Waals surface area contributed by atoms with Gasteiger partial charge in [0.1, 0.15) is 5.82 Å². The molecule has 0 saturated carbocycles. The number of carboxylic acid groups (broad SMARTS) is 1. The molecular formula is C16H16FNO4. The van der Waals surface area contributed by atoms with Gasteiger partial charge >= 0.3 is 11.9 Å². The van der Waals surface area contributed by atoms with Crippen LogP contribution in [0.15, 0.2) is 46.8 Å². The molecule has 0 aromatic heterocycles. The number of carbonyl (C=O) groups is 2. The van der Waals surface area contributed by atoms with Crippen molar-refractivity contribution in [2.24, 2.45) is 0 Å². The molecule has 1 aliphatic rings. The Morgan fingerprint density at radius 3 is 2.41 bits per heavy atom. The van der Waals surface area contributed by atoms with Crippen LogP contribution in [-0.4, -0.2) is 24.2 Å². The van der Waals surface area contributed by atoms with Crippen molar-refractivity contribution in [1.29, 1.82) is 0 Å². The molecule has 6 heteroatoms. The maximum absolute atomic E-state index is 13.5. The van der Waals surface area contributed by atoms with Crippen LogP contribution in [0.25, 0.3) is 0 Å². The van der Waals surface area contributed by atoms with E-state index in [9.17, 15) is 19.1 Å². The van der Waals surface area contributed by atoms with E-state index < -0.39 is 23.7 Å². The molecule has 0 bridgehead atoms. The number of allylic oxidation sites excluding steroid dienone is 2. The van der Waals surface area contributed by atoms with Gasteiger partial charge in [-0.05, 0) is 31.5 Å². The molecular weight excluding hydrogens is 289 g/mol. The van der Waals surface area contributed by atoms with Crippen LogP contribution in [0.1, 0.15) is 25.3 Å². The molecule has 116 valence electrons. The second kappa shape index (κ2) is 6.01. The van der Waals surface area contributed by atoms with E-state index in [0.717, 1.165) is 0 Å². The third-order valence-corrected chi connectivity index (χ3v) is 3.58. The highest BCUT2D eigenvalue weighted by Gasteiger charge is 2.37. The monoisotopic (exact) mass is 305 g/mol. The molecule has 1 aromatic carbocycles. The number of halogens is 1. The quantitative estimate of drug-likeness (QED) is 0.838. The topological polar surface area (TPSA) is 75.6 Å². The lowest BCUT2D eigenvalue weighted by Gasteiger charge is -2.29. The molecule has 1 aromatic rings. The maximum Gasteiger partial charge on any atom is 0.336 e. The molecule has 5 nitrogen and oxygen atoms in total. The highest BCUT2D eigenvalue weighted by Crippen LogP contribution is 2.38. The third kappa shape index (κ3) is 2.72. The van der Waals surface area contributed by atoms with E-state index in [-0.39, 0.29) is 11.1 Å². The number of rotatable bonds is 3. The molecule has 0 aliphatic carbocycles. The van der Waals surface area contributed by atoms with E-state index >= 15 is 0 Å². The molecule has 1 unspecified atom stereocenters. The summed E-state index contributed by atoms with van der Waals surface area (Å²) in [6, 6.07) is 5.55. The molecule has 0 radical (unpaired) electrons. The van der Waals surface area contributed by atoms with E-state index in [1.807, 2.05) is 0 Å². The molecule has 0 fully saturated rings. The van der Waals surface area contributed by atoms with Crippen LogP contribution >= 0.6 is 0 Å². The predicted molar refractivity (Wildman–Crippen MR) is 77.3 cm³/mol. The average Bonchev–Trinajstić information content (AvgIpc) is 2.45. The Bertz CT molecular complexity index is 706. The number of benzene rings is 1. The summed E-state index contributed by atoms with van der Waals surface area (Å²) in [6.07, 6.45) is 0. The fourth-order valence-corrected chi connectivity index (χ4v) is 2.68. The lowest BCUT2D eigenvalue weighted by atomic mass is 9.80. The first-order valence-electron chi connectivity index (χ1n) is 6.62. The van der Waals surface area contributed by atoms with Crippen LogP contribution in [0.2, 0.25) is 0 Å². The van der Waals surface area contributed by atoms with Gasteiger partial charge in [0.15, 0.2) is 0 Å². The zero-order valence-electron chi connectivity index (χ0n) is 12.4. The molecule has 22 heavy (non-hydrogen) atoms. The number of aliphatic carboxylic acids is 1. The average molecular weight is 305 g/mol. The standard InChI is InChI=1S/C16H16FNO4/c1-8-12(15(19)20)14(10-5-4-6-11(17)7-10)13(9(2)18-8)16(21)22-3/h4-7,14,18H,1-3H3,(H,19,20). The summed E-state index contributed by atoms with van der Waals surface area (Å²) in [7, 11) is 1.22. The maximum atomic E-state index is 13.5. The van der Waals surface area contributed by atoms with E-state index in [4.69, 9.17) is 4.74 Å². The van der Waals surface area contributed by atoms with Crippen molar-refractivity contribution in [1.82, 2.24) is 5.32 Å². The lowest BCUT2D eigenvalue weighted by molar-refractivity contribution is -0.136. The van der Waals surface area contributed by atoms with Crippen LogP contribution in [0.3, 0.4) is 0 Å². The van der Waals surface area contributed by atoms with Crippen LogP contribution in [0.4, 0.5) is 4.39 Å². The largest absolute Gasteiger partial charge is 0.478 e. The highest BCUT2D eigenvalue weighted by molar-refractivity contribution is 5.99. The minimum atomic E-state index is -1.17. The summed E-state index contributed by atoms with van der Waals surface area (Å²) < 4.78 is 18.3. The first kappa shape index (κ1) is 15.8. The summed E-state index contributed by atoms with van der Waals surface area (Å²) in [6.45, 7) is 3.26. The van der Waals surface area contributed by atoms with Crippen molar-refractivity contribution < 1.29 is 23.8 Å². The minimum absolute atomic E-state index is 0.00315. The number of hydrogen-bond acceptors (Lipinski definition) is 4. The fourth-order valence-electron chi connectivity index (χ4n) is 2.68.